The summed E-state index contributed by atoms with van der Waals surface area (Å²) in [6.07, 6.45) is 9.05. The van der Waals surface area contributed by atoms with Gasteiger partial charge in [-0.05, 0) is 82.5 Å². The van der Waals surface area contributed by atoms with Crippen molar-refractivity contribution < 1.29 is 4.79 Å². The lowest BCUT2D eigenvalue weighted by molar-refractivity contribution is -0.159. The normalized spacial score (nSPS) is 43.0. The van der Waals surface area contributed by atoms with Crippen molar-refractivity contribution in [3.8, 4) is 0 Å². The lowest BCUT2D eigenvalue weighted by Crippen LogP contribution is -2.58. The van der Waals surface area contributed by atoms with E-state index in [-0.39, 0.29) is 5.41 Å². The Balaban J connectivity index is 1.56. The number of nitrogens with zero attached hydrogens (tertiary/aromatic N) is 2. The van der Waals surface area contributed by atoms with Gasteiger partial charge in [-0.1, -0.05) is 0 Å². The fourth-order valence-corrected chi connectivity index (χ4v) is 7.40. The van der Waals surface area contributed by atoms with Crippen LogP contribution in [0.25, 0.3) is 0 Å². The molecule has 1 aliphatic heterocycles. The molecule has 5 aliphatic rings. The minimum Gasteiger partial charge on any atom is -0.337 e. The van der Waals surface area contributed by atoms with E-state index in [0.717, 1.165) is 36.6 Å². The number of thioether (sulfide) groups is 1. The van der Waals surface area contributed by atoms with Crippen molar-refractivity contribution in [3.63, 3.8) is 0 Å². The van der Waals surface area contributed by atoms with Gasteiger partial charge in [-0.15, -0.1) is 0 Å². The summed E-state index contributed by atoms with van der Waals surface area (Å²) >= 11 is 2.04. The summed E-state index contributed by atoms with van der Waals surface area (Å²) in [5, 5.41) is 0. The Bertz CT molecular complexity index is 429. The van der Waals surface area contributed by atoms with E-state index in [2.05, 4.69) is 23.9 Å². The highest BCUT2D eigenvalue weighted by Gasteiger charge is 2.56. The highest BCUT2D eigenvalue weighted by molar-refractivity contribution is 7.99. The summed E-state index contributed by atoms with van der Waals surface area (Å²) in [5.74, 6) is 5.47. The van der Waals surface area contributed by atoms with Crippen LogP contribution in [-0.2, 0) is 4.79 Å². The summed E-state index contributed by atoms with van der Waals surface area (Å²) < 4.78 is 0. The molecule has 23 heavy (non-hydrogen) atoms. The first kappa shape index (κ1) is 16.3. The molecule has 1 saturated heterocycles. The van der Waals surface area contributed by atoms with E-state index in [1.165, 1.54) is 50.7 Å². The maximum Gasteiger partial charge on any atom is 0.229 e. The van der Waals surface area contributed by atoms with Crippen LogP contribution in [0.15, 0.2) is 0 Å². The molecule has 0 unspecified atom stereocenters. The van der Waals surface area contributed by atoms with Gasteiger partial charge in [0.1, 0.15) is 0 Å². The van der Waals surface area contributed by atoms with Gasteiger partial charge >= 0.3 is 0 Å². The van der Waals surface area contributed by atoms with Crippen LogP contribution in [0.2, 0.25) is 0 Å². The third-order valence-corrected chi connectivity index (χ3v) is 7.97. The molecule has 4 saturated carbocycles. The number of hydrogen-bond acceptors (Lipinski definition) is 3. The maximum atomic E-state index is 13.7. The molecule has 0 N–H and O–H groups in total. The highest BCUT2D eigenvalue weighted by atomic mass is 32.2. The fourth-order valence-electron chi connectivity index (χ4n) is 6.35. The number of carbonyl (C=O) groups excluding carboxylic acids is 1. The molecule has 0 radical (unpaired) electrons. The Morgan fingerprint density at radius 1 is 1.13 bits per heavy atom. The molecule has 1 amide bonds. The maximum absolute atomic E-state index is 13.7. The van der Waals surface area contributed by atoms with Gasteiger partial charge in [0.2, 0.25) is 5.91 Å². The number of hydrogen-bond donors (Lipinski definition) is 0. The van der Waals surface area contributed by atoms with Gasteiger partial charge in [0, 0.05) is 18.8 Å². The van der Waals surface area contributed by atoms with Gasteiger partial charge in [0.15, 0.2) is 0 Å². The average Bonchev–Trinajstić information content (AvgIpc) is 2.70. The average molecular weight is 337 g/mol. The van der Waals surface area contributed by atoms with E-state index in [1.54, 1.807) is 0 Å². The molecule has 4 bridgehead atoms. The lowest BCUT2D eigenvalue weighted by Gasteiger charge is -2.57. The van der Waals surface area contributed by atoms with Crippen molar-refractivity contribution in [1.82, 2.24) is 9.80 Å². The first-order valence-corrected chi connectivity index (χ1v) is 10.7. The standard InChI is InChI=1S/C19H32N2OS/c1-20(2)12-17-13-23-5-3-4-21(17)18(22)19-9-14-6-15(10-19)8-16(7-14)11-19/h14-17H,3-13H2,1-2H3/t14?,15?,16?,17-,19?/m1/s1. The third-order valence-electron chi connectivity index (χ3n) is 6.77. The van der Waals surface area contributed by atoms with Crippen LogP contribution < -0.4 is 0 Å². The van der Waals surface area contributed by atoms with Crippen LogP contribution in [0.4, 0.5) is 0 Å². The lowest BCUT2D eigenvalue weighted by atomic mass is 9.49. The first-order chi connectivity index (χ1) is 11.1. The minimum absolute atomic E-state index is 0.0360. The molecule has 5 rings (SSSR count). The Labute approximate surface area is 145 Å². The zero-order chi connectivity index (χ0) is 16.0. The smallest absolute Gasteiger partial charge is 0.229 e. The van der Waals surface area contributed by atoms with Crippen molar-refractivity contribution in [3.05, 3.63) is 0 Å². The molecule has 3 nitrogen and oxygen atoms in total. The van der Waals surface area contributed by atoms with E-state index in [4.69, 9.17) is 0 Å². The molecule has 1 heterocycles. The molecule has 4 aliphatic carbocycles. The molecule has 0 spiro atoms. The Hall–Kier alpha value is -0.220. The predicted molar refractivity (Wildman–Crippen MR) is 96.6 cm³/mol. The quantitative estimate of drug-likeness (QED) is 0.791. The van der Waals surface area contributed by atoms with Crippen LogP contribution >= 0.6 is 11.8 Å². The van der Waals surface area contributed by atoms with Gasteiger partial charge in [0.25, 0.3) is 0 Å². The molecule has 0 aromatic heterocycles. The summed E-state index contributed by atoms with van der Waals surface area (Å²) in [7, 11) is 4.28. The molecule has 5 fully saturated rings. The summed E-state index contributed by atoms with van der Waals surface area (Å²) in [5.41, 5.74) is 0.0360. The minimum atomic E-state index is 0.0360. The Morgan fingerprint density at radius 3 is 2.30 bits per heavy atom. The SMILES string of the molecule is CN(C)C[C@@H]1CSCCCN1C(=O)C12CC3CC(CC(C3)C1)C2. The van der Waals surface area contributed by atoms with Gasteiger partial charge in [-0.25, -0.2) is 0 Å². The van der Waals surface area contributed by atoms with Crippen LogP contribution in [0.1, 0.15) is 44.9 Å². The number of carbonyl (C=O) groups is 1. The van der Waals surface area contributed by atoms with Gasteiger partial charge < -0.3 is 9.80 Å². The molecule has 1 atom stereocenters. The molecule has 4 heteroatoms. The van der Waals surface area contributed by atoms with Crippen molar-refractivity contribution in [1.29, 1.82) is 0 Å². The van der Waals surface area contributed by atoms with Crippen LogP contribution in [0, 0.1) is 23.2 Å². The number of amides is 1. The van der Waals surface area contributed by atoms with E-state index >= 15 is 0 Å². The van der Waals surface area contributed by atoms with Crippen molar-refractivity contribution in [2.24, 2.45) is 23.2 Å². The van der Waals surface area contributed by atoms with Crippen molar-refractivity contribution in [2.45, 2.75) is 51.0 Å². The van der Waals surface area contributed by atoms with Crippen molar-refractivity contribution in [2.75, 3.05) is 38.7 Å². The second-order valence-corrected chi connectivity index (χ2v) is 10.2. The second-order valence-electron chi connectivity index (χ2n) is 9.04. The molecule has 0 aromatic rings. The Morgan fingerprint density at radius 2 is 1.74 bits per heavy atom. The third kappa shape index (κ3) is 3.06. The van der Waals surface area contributed by atoms with Gasteiger partial charge in [0.05, 0.1) is 11.5 Å². The number of likely N-dealkylation sites (N-methyl/N-ethyl adjacent to an activating group) is 1. The topological polar surface area (TPSA) is 23.6 Å². The van der Waals surface area contributed by atoms with Gasteiger partial charge in [-0.3, -0.25) is 4.79 Å². The van der Waals surface area contributed by atoms with E-state index in [9.17, 15) is 4.79 Å². The summed E-state index contributed by atoms with van der Waals surface area (Å²) in [4.78, 5) is 18.3. The van der Waals surface area contributed by atoms with E-state index in [0.29, 0.717) is 11.9 Å². The molecule has 130 valence electrons. The largest absolute Gasteiger partial charge is 0.337 e. The van der Waals surface area contributed by atoms with Gasteiger partial charge in [-0.2, -0.15) is 11.8 Å². The van der Waals surface area contributed by atoms with Crippen molar-refractivity contribution >= 4 is 17.7 Å². The molecular formula is C19H32N2OS. The van der Waals surface area contributed by atoms with E-state index in [1.807, 2.05) is 11.8 Å². The monoisotopic (exact) mass is 336 g/mol. The predicted octanol–water partition coefficient (Wildman–Crippen LogP) is 3.10. The zero-order valence-electron chi connectivity index (χ0n) is 14.8. The van der Waals surface area contributed by atoms with E-state index < -0.39 is 0 Å². The van der Waals surface area contributed by atoms with Crippen LogP contribution in [0.5, 0.6) is 0 Å². The first-order valence-electron chi connectivity index (χ1n) is 9.59. The summed E-state index contributed by atoms with van der Waals surface area (Å²) in [6.45, 7) is 2.01. The highest BCUT2D eigenvalue weighted by Crippen LogP contribution is 2.60. The number of rotatable bonds is 3. The fraction of sp³-hybridized carbons (Fsp3) is 0.947. The Kier molecular flexibility index (Phi) is 4.42. The molecular weight excluding hydrogens is 304 g/mol. The summed E-state index contributed by atoms with van der Waals surface area (Å²) in [6, 6.07) is 0.415. The molecule has 0 aromatic carbocycles. The van der Waals surface area contributed by atoms with Crippen LogP contribution in [-0.4, -0.2) is 60.4 Å². The van der Waals surface area contributed by atoms with Crippen LogP contribution in [0.3, 0.4) is 0 Å². The second kappa shape index (κ2) is 6.25. The zero-order valence-corrected chi connectivity index (χ0v) is 15.6.